The highest BCUT2D eigenvalue weighted by atomic mass is 32.2. The van der Waals surface area contributed by atoms with Crippen LogP contribution in [0.2, 0.25) is 0 Å². The predicted octanol–water partition coefficient (Wildman–Crippen LogP) is 0.531. The zero-order valence-corrected chi connectivity index (χ0v) is 9.13. The second-order valence-electron chi connectivity index (χ2n) is 3.52. The van der Waals surface area contributed by atoms with Crippen LogP contribution in [0.15, 0.2) is 22.6 Å². The molecule has 0 aromatic carbocycles. The van der Waals surface area contributed by atoms with Gasteiger partial charge in [0, 0.05) is 0 Å². The number of tetrazole rings is 1. The summed E-state index contributed by atoms with van der Waals surface area (Å²) in [6, 6.07) is 0.450. The van der Waals surface area contributed by atoms with Gasteiger partial charge in [0.05, 0.1) is 18.4 Å². The second-order valence-corrected chi connectivity index (χ2v) is 4.51. The smallest absolute Gasteiger partial charge is 0.215 e. The van der Waals surface area contributed by atoms with E-state index in [0.29, 0.717) is 16.9 Å². The van der Waals surface area contributed by atoms with Gasteiger partial charge in [-0.15, -0.1) is 5.10 Å². The highest BCUT2D eigenvalue weighted by Gasteiger charge is 2.28. The van der Waals surface area contributed by atoms with E-state index in [0.717, 1.165) is 18.0 Å². The van der Waals surface area contributed by atoms with Gasteiger partial charge in [0.1, 0.15) is 10.8 Å². The Balaban J connectivity index is 1.85. The fourth-order valence-corrected chi connectivity index (χ4v) is 2.11. The number of nitrogens with two attached hydrogens (primary N) is 1. The first-order valence-corrected chi connectivity index (χ1v) is 5.68. The quantitative estimate of drug-likeness (QED) is 0.829. The molecular weight excluding hydrogens is 226 g/mol. The van der Waals surface area contributed by atoms with Gasteiger partial charge in [0.15, 0.2) is 0 Å². The van der Waals surface area contributed by atoms with E-state index >= 15 is 0 Å². The monoisotopic (exact) mass is 235 g/mol. The van der Waals surface area contributed by atoms with E-state index in [4.69, 9.17) is 5.73 Å². The summed E-state index contributed by atoms with van der Waals surface area (Å²) in [6.07, 6.45) is 5.43. The molecule has 3 rings (SSSR count). The molecule has 0 amide bonds. The molecule has 1 fully saturated rings. The number of nitrogen functional groups attached to an aromatic ring is 1. The standard InChI is InChI=1S/C8H9N7S/c9-6-3-10-4-7(11-6)16-8-12-13-14-15(8)5-1-2-5/h3-5H,1-2H2,(H2,9,11). The van der Waals surface area contributed by atoms with Crippen molar-refractivity contribution in [1.82, 2.24) is 30.2 Å². The van der Waals surface area contributed by atoms with Crippen molar-refractivity contribution in [2.24, 2.45) is 0 Å². The van der Waals surface area contributed by atoms with Gasteiger partial charge >= 0.3 is 0 Å². The number of aromatic nitrogens is 6. The lowest BCUT2D eigenvalue weighted by molar-refractivity contribution is 0.565. The van der Waals surface area contributed by atoms with Gasteiger partial charge in [-0.2, -0.15) is 0 Å². The van der Waals surface area contributed by atoms with Crippen LogP contribution in [0.1, 0.15) is 18.9 Å². The third-order valence-corrected chi connectivity index (χ3v) is 3.04. The Morgan fingerprint density at radius 2 is 2.25 bits per heavy atom. The molecule has 1 saturated carbocycles. The number of rotatable bonds is 3. The van der Waals surface area contributed by atoms with Crippen LogP contribution in [0.5, 0.6) is 0 Å². The highest BCUT2D eigenvalue weighted by Crippen LogP contribution is 2.37. The lowest BCUT2D eigenvalue weighted by atomic mass is 10.7. The predicted molar refractivity (Wildman–Crippen MR) is 56.7 cm³/mol. The number of hydrogen-bond acceptors (Lipinski definition) is 7. The molecule has 0 bridgehead atoms. The van der Waals surface area contributed by atoms with Gasteiger partial charge in [-0.25, -0.2) is 9.67 Å². The van der Waals surface area contributed by atoms with Crippen LogP contribution in [0.25, 0.3) is 0 Å². The van der Waals surface area contributed by atoms with Crippen LogP contribution in [0.4, 0.5) is 5.82 Å². The van der Waals surface area contributed by atoms with Gasteiger partial charge in [0.2, 0.25) is 5.16 Å². The molecule has 0 aliphatic heterocycles. The van der Waals surface area contributed by atoms with Crippen molar-refractivity contribution >= 4 is 17.6 Å². The first-order valence-electron chi connectivity index (χ1n) is 4.86. The lowest BCUT2D eigenvalue weighted by Crippen LogP contribution is -1.99. The van der Waals surface area contributed by atoms with Crippen molar-refractivity contribution in [3.63, 3.8) is 0 Å². The minimum Gasteiger partial charge on any atom is -0.382 e. The Morgan fingerprint density at radius 3 is 3.00 bits per heavy atom. The fourth-order valence-electron chi connectivity index (χ4n) is 1.31. The summed E-state index contributed by atoms with van der Waals surface area (Å²) in [5.41, 5.74) is 5.55. The summed E-state index contributed by atoms with van der Waals surface area (Å²) in [4.78, 5) is 8.11. The topological polar surface area (TPSA) is 95.4 Å². The molecular formula is C8H9N7S. The molecule has 0 unspecified atom stereocenters. The Hall–Kier alpha value is -1.70. The van der Waals surface area contributed by atoms with E-state index in [1.54, 1.807) is 6.20 Å². The molecule has 0 atom stereocenters. The van der Waals surface area contributed by atoms with Crippen LogP contribution in [-0.4, -0.2) is 30.2 Å². The number of anilines is 1. The van der Waals surface area contributed by atoms with Crippen molar-refractivity contribution in [1.29, 1.82) is 0 Å². The summed E-state index contributed by atoms with van der Waals surface area (Å²) in [7, 11) is 0. The van der Waals surface area contributed by atoms with Crippen molar-refractivity contribution in [3.05, 3.63) is 12.4 Å². The van der Waals surface area contributed by atoms with Crippen LogP contribution in [-0.2, 0) is 0 Å². The average Bonchev–Trinajstić information content (AvgIpc) is 3.00. The SMILES string of the molecule is Nc1cncc(Sc2nnnn2C2CC2)n1. The number of nitrogens with zero attached hydrogens (tertiary/aromatic N) is 6. The molecule has 0 spiro atoms. The Bertz CT molecular complexity index is 507. The maximum Gasteiger partial charge on any atom is 0.215 e. The first kappa shape index (κ1) is 9.52. The molecule has 8 heteroatoms. The van der Waals surface area contributed by atoms with Crippen LogP contribution in [0, 0.1) is 0 Å². The maximum absolute atomic E-state index is 5.55. The summed E-state index contributed by atoms with van der Waals surface area (Å²) in [5, 5.41) is 13.0. The van der Waals surface area contributed by atoms with E-state index in [-0.39, 0.29) is 0 Å². The van der Waals surface area contributed by atoms with E-state index in [9.17, 15) is 0 Å². The van der Waals surface area contributed by atoms with E-state index in [1.807, 2.05) is 4.68 Å². The zero-order valence-electron chi connectivity index (χ0n) is 8.32. The fraction of sp³-hybridized carbons (Fsp3) is 0.375. The Morgan fingerprint density at radius 1 is 1.38 bits per heavy atom. The summed E-state index contributed by atoms with van der Waals surface area (Å²) in [5.74, 6) is 0.399. The highest BCUT2D eigenvalue weighted by molar-refractivity contribution is 7.99. The molecule has 1 aliphatic rings. The maximum atomic E-state index is 5.55. The van der Waals surface area contributed by atoms with Gasteiger partial charge in [-0.1, -0.05) is 0 Å². The number of hydrogen-bond donors (Lipinski definition) is 1. The molecule has 7 nitrogen and oxygen atoms in total. The third-order valence-electron chi connectivity index (χ3n) is 2.18. The van der Waals surface area contributed by atoms with Crippen molar-refractivity contribution in [3.8, 4) is 0 Å². The van der Waals surface area contributed by atoms with Gasteiger partial charge in [-0.05, 0) is 35.0 Å². The van der Waals surface area contributed by atoms with Crippen LogP contribution < -0.4 is 5.73 Å². The summed E-state index contributed by atoms with van der Waals surface area (Å²) < 4.78 is 1.83. The van der Waals surface area contributed by atoms with Crippen molar-refractivity contribution in [2.45, 2.75) is 29.1 Å². The molecule has 2 aromatic heterocycles. The summed E-state index contributed by atoms with van der Waals surface area (Å²) in [6.45, 7) is 0. The summed E-state index contributed by atoms with van der Waals surface area (Å²) >= 11 is 1.38. The van der Waals surface area contributed by atoms with Crippen LogP contribution in [0.3, 0.4) is 0 Å². The van der Waals surface area contributed by atoms with E-state index in [2.05, 4.69) is 25.5 Å². The molecule has 82 valence electrons. The third kappa shape index (κ3) is 1.83. The molecule has 2 heterocycles. The second kappa shape index (κ2) is 3.71. The lowest BCUT2D eigenvalue weighted by Gasteiger charge is -2.01. The molecule has 0 saturated heterocycles. The zero-order chi connectivity index (χ0) is 11.0. The van der Waals surface area contributed by atoms with Crippen molar-refractivity contribution in [2.75, 3.05) is 5.73 Å². The normalized spacial score (nSPS) is 15.2. The largest absolute Gasteiger partial charge is 0.382 e. The molecule has 0 radical (unpaired) electrons. The van der Waals surface area contributed by atoms with Gasteiger partial charge in [-0.3, -0.25) is 4.98 Å². The van der Waals surface area contributed by atoms with Gasteiger partial charge < -0.3 is 5.73 Å². The molecule has 16 heavy (non-hydrogen) atoms. The van der Waals surface area contributed by atoms with Crippen molar-refractivity contribution < 1.29 is 0 Å². The van der Waals surface area contributed by atoms with E-state index in [1.165, 1.54) is 18.0 Å². The average molecular weight is 235 g/mol. The van der Waals surface area contributed by atoms with E-state index < -0.39 is 0 Å². The molecule has 2 aromatic rings. The minimum atomic E-state index is 0.399. The Kier molecular flexibility index (Phi) is 2.21. The van der Waals surface area contributed by atoms with Crippen LogP contribution >= 0.6 is 11.8 Å². The Labute approximate surface area is 95.5 Å². The first-order chi connectivity index (χ1) is 7.83. The molecule has 2 N–H and O–H groups in total. The molecule has 1 aliphatic carbocycles. The minimum absolute atomic E-state index is 0.399. The van der Waals surface area contributed by atoms with Gasteiger partial charge in [0.25, 0.3) is 0 Å².